The van der Waals surface area contributed by atoms with Crippen molar-refractivity contribution in [2.24, 2.45) is 17.8 Å². The van der Waals surface area contributed by atoms with Gasteiger partial charge in [0.1, 0.15) is 0 Å². The number of rotatable bonds is 1. The van der Waals surface area contributed by atoms with Crippen LogP contribution in [0.15, 0.2) is 30.4 Å². The third-order valence-corrected chi connectivity index (χ3v) is 6.47. The van der Waals surface area contributed by atoms with E-state index in [2.05, 4.69) is 74.9 Å². The average molecular weight is 296 g/mol. The number of nitrogens with zero attached hydrogens (tertiary/aromatic N) is 2. The van der Waals surface area contributed by atoms with Crippen LogP contribution in [0, 0.1) is 17.8 Å². The lowest BCUT2D eigenvalue weighted by molar-refractivity contribution is 0.222. The van der Waals surface area contributed by atoms with Crippen LogP contribution < -0.4 is 9.80 Å². The quantitative estimate of drug-likeness (QED) is 0.698. The molecule has 0 spiro atoms. The van der Waals surface area contributed by atoms with Crippen LogP contribution in [0.2, 0.25) is 0 Å². The summed E-state index contributed by atoms with van der Waals surface area (Å²) in [6, 6.07) is 7.55. The van der Waals surface area contributed by atoms with Gasteiger partial charge >= 0.3 is 0 Å². The van der Waals surface area contributed by atoms with Crippen molar-refractivity contribution in [3.05, 3.63) is 35.9 Å². The number of hydrogen-bond acceptors (Lipinski definition) is 2. The molecule has 0 fully saturated rings. The molecule has 2 nitrogen and oxygen atoms in total. The minimum atomic E-state index is 0.462. The molecule has 2 heteroatoms. The first kappa shape index (κ1) is 14.2. The molecule has 0 bridgehead atoms. The molecule has 0 saturated carbocycles. The molecule has 0 radical (unpaired) electrons. The first-order valence-corrected chi connectivity index (χ1v) is 8.83. The summed E-state index contributed by atoms with van der Waals surface area (Å²) in [4.78, 5) is 5.22. The second kappa shape index (κ2) is 4.78. The van der Waals surface area contributed by atoms with Crippen LogP contribution in [0.1, 0.15) is 45.6 Å². The molecule has 2 heterocycles. The molecule has 22 heavy (non-hydrogen) atoms. The predicted octanol–water partition coefficient (Wildman–Crippen LogP) is 4.62. The minimum Gasteiger partial charge on any atom is -0.353 e. The first-order valence-electron chi connectivity index (χ1n) is 8.83. The Hall–Kier alpha value is -1.44. The van der Waals surface area contributed by atoms with Crippen molar-refractivity contribution in [1.29, 1.82) is 0 Å². The van der Waals surface area contributed by atoms with Crippen LogP contribution in [0.25, 0.3) is 0 Å². The Kier molecular flexibility index (Phi) is 3.08. The van der Waals surface area contributed by atoms with Gasteiger partial charge in [-0.15, -0.1) is 0 Å². The van der Waals surface area contributed by atoms with Crippen molar-refractivity contribution < 1.29 is 0 Å². The molecule has 0 amide bonds. The van der Waals surface area contributed by atoms with Gasteiger partial charge in [-0.3, -0.25) is 0 Å². The summed E-state index contributed by atoms with van der Waals surface area (Å²) in [5.74, 6) is 2.76. The fraction of sp³-hybridized carbons (Fsp3) is 0.600. The van der Waals surface area contributed by atoms with Crippen molar-refractivity contribution >= 4 is 11.4 Å². The molecule has 1 aromatic carbocycles. The Bertz CT molecular complexity index is 618. The second-order valence-corrected chi connectivity index (χ2v) is 7.79. The van der Waals surface area contributed by atoms with Gasteiger partial charge in [-0.2, -0.15) is 0 Å². The van der Waals surface area contributed by atoms with Gasteiger partial charge in [-0.05, 0) is 48.6 Å². The highest BCUT2D eigenvalue weighted by molar-refractivity contribution is 5.82. The van der Waals surface area contributed by atoms with Gasteiger partial charge in [0.15, 0.2) is 0 Å². The highest BCUT2D eigenvalue weighted by Gasteiger charge is 2.49. The van der Waals surface area contributed by atoms with E-state index in [1.165, 1.54) is 17.8 Å². The van der Waals surface area contributed by atoms with Crippen LogP contribution in [0.4, 0.5) is 11.4 Å². The molecule has 5 atom stereocenters. The molecule has 0 aromatic heterocycles. The van der Waals surface area contributed by atoms with Gasteiger partial charge in [-0.1, -0.05) is 45.1 Å². The molecule has 118 valence electrons. The maximum atomic E-state index is 2.75. The Labute approximate surface area is 134 Å². The summed E-state index contributed by atoms with van der Waals surface area (Å²) in [5, 5.41) is 0. The topological polar surface area (TPSA) is 6.48 Å². The van der Waals surface area contributed by atoms with Crippen molar-refractivity contribution in [2.45, 2.75) is 52.2 Å². The van der Waals surface area contributed by atoms with E-state index in [0.29, 0.717) is 30.0 Å². The third kappa shape index (κ3) is 1.67. The molecule has 2 aliphatic heterocycles. The van der Waals surface area contributed by atoms with Crippen LogP contribution in [-0.2, 0) is 0 Å². The molecule has 3 aliphatic rings. The van der Waals surface area contributed by atoms with E-state index < -0.39 is 0 Å². The number of hydrogen-bond donors (Lipinski definition) is 0. The van der Waals surface area contributed by atoms with Crippen molar-refractivity contribution in [1.82, 2.24) is 0 Å². The molecule has 4 rings (SSSR count). The fourth-order valence-electron chi connectivity index (χ4n) is 5.13. The highest BCUT2D eigenvalue weighted by atomic mass is 15.4. The first-order chi connectivity index (χ1) is 10.5. The molecular weight excluding hydrogens is 268 g/mol. The maximum absolute atomic E-state index is 2.75. The van der Waals surface area contributed by atoms with Gasteiger partial charge < -0.3 is 9.80 Å². The van der Waals surface area contributed by atoms with Gasteiger partial charge in [0, 0.05) is 13.1 Å². The molecule has 0 saturated heterocycles. The number of allylic oxidation sites excluding steroid dienone is 1. The second-order valence-electron chi connectivity index (χ2n) is 7.79. The van der Waals surface area contributed by atoms with Crippen molar-refractivity contribution in [3.8, 4) is 0 Å². The molecule has 5 unspecified atom stereocenters. The monoisotopic (exact) mass is 296 g/mol. The van der Waals surface area contributed by atoms with Crippen LogP contribution in [0.5, 0.6) is 0 Å². The molecule has 0 N–H and O–H groups in total. The van der Waals surface area contributed by atoms with E-state index in [9.17, 15) is 0 Å². The van der Waals surface area contributed by atoms with Gasteiger partial charge in [0.05, 0.1) is 17.5 Å². The zero-order valence-electron chi connectivity index (χ0n) is 14.5. The average Bonchev–Trinajstić information content (AvgIpc) is 2.77. The standard InChI is InChI=1S/C20H28N2/c1-12(2)15-8-6-9-16-13(3)17-10-7-11-18-20(17)22(19(15)16)14(4)21(18)5/h6-8,10-16,19H,9H2,1-5H3. The van der Waals surface area contributed by atoms with Crippen LogP contribution in [0.3, 0.4) is 0 Å². The Balaban J connectivity index is 1.91. The predicted molar refractivity (Wildman–Crippen MR) is 94.6 cm³/mol. The van der Waals surface area contributed by atoms with E-state index in [4.69, 9.17) is 0 Å². The lowest BCUT2D eigenvalue weighted by atomic mass is 9.66. The summed E-state index contributed by atoms with van der Waals surface area (Å²) < 4.78 is 0. The summed E-state index contributed by atoms with van der Waals surface area (Å²) in [5.41, 5.74) is 4.51. The molecule has 1 aromatic rings. The molecule has 1 aliphatic carbocycles. The zero-order valence-corrected chi connectivity index (χ0v) is 14.5. The maximum Gasteiger partial charge on any atom is 0.0988 e. The van der Waals surface area contributed by atoms with Gasteiger partial charge in [0.25, 0.3) is 0 Å². The Morgan fingerprint density at radius 2 is 1.95 bits per heavy atom. The van der Waals surface area contributed by atoms with E-state index in [0.717, 1.165) is 5.92 Å². The number of para-hydroxylation sites is 1. The highest BCUT2D eigenvalue weighted by Crippen LogP contribution is 2.55. The fourth-order valence-corrected chi connectivity index (χ4v) is 5.13. The van der Waals surface area contributed by atoms with E-state index >= 15 is 0 Å². The van der Waals surface area contributed by atoms with Crippen molar-refractivity contribution in [2.75, 3.05) is 16.8 Å². The summed E-state index contributed by atoms with van der Waals surface area (Å²) in [6.07, 6.45) is 6.63. The number of benzene rings is 1. The smallest absolute Gasteiger partial charge is 0.0988 e. The SMILES string of the molecule is CC(C)C1C=CCC2C(C)c3cccc4c3N(C12)C(C)N4C. The third-order valence-electron chi connectivity index (χ3n) is 6.47. The normalized spacial score (nSPS) is 35.8. The van der Waals surface area contributed by atoms with Crippen molar-refractivity contribution in [3.63, 3.8) is 0 Å². The molecular formula is C20H28N2. The number of anilines is 2. The van der Waals surface area contributed by atoms with Gasteiger partial charge in [0.2, 0.25) is 0 Å². The van der Waals surface area contributed by atoms with Crippen LogP contribution in [-0.4, -0.2) is 19.3 Å². The lowest BCUT2D eigenvalue weighted by Crippen LogP contribution is -2.56. The van der Waals surface area contributed by atoms with Crippen LogP contribution >= 0.6 is 0 Å². The Morgan fingerprint density at radius 3 is 2.68 bits per heavy atom. The Morgan fingerprint density at radius 1 is 1.18 bits per heavy atom. The number of fused-ring (bicyclic) bond motifs is 2. The van der Waals surface area contributed by atoms with E-state index in [1.54, 1.807) is 5.56 Å². The lowest BCUT2D eigenvalue weighted by Gasteiger charge is -2.51. The summed E-state index contributed by atoms with van der Waals surface area (Å²) in [6.45, 7) is 9.58. The van der Waals surface area contributed by atoms with E-state index in [1.807, 2.05) is 0 Å². The van der Waals surface area contributed by atoms with E-state index in [-0.39, 0.29) is 0 Å². The minimum absolute atomic E-state index is 0.462. The summed E-state index contributed by atoms with van der Waals surface area (Å²) in [7, 11) is 2.25. The largest absolute Gasteiger partial charge is 0.353 e. The zero-order chi connectivity index (χ0) is 15.6. The summed E-state index contributed by atoms with van der Waals surface area (Å²) >= 11 is 0. The van der Waals surface area contributed by atoms with Gasteiger partial charge in [-0.25, -0.2) is 0 Å².